The lowest BCUT2D eigenvalue weighted by Crippen LogP contribution is -2.88. The smallest absolute Gasteiger partial charge is 0.331 e. The van der Waals surface area contributed by atoms with Gasteiger partial charge >= 0.3 is 5.69 Å². The molecule has 3 heterocycles. The summed E-state index contributed by atoms with van der Waals surface area (Å²) in [5, 5.41) is 14.0. The van der Waals surface area contributed by atoms with Crippen LogP contribution in [-0.2, 0) is 12.0 Å². The summed E-state index contributed by atoms with van der Waals surface area (Å²) in [6.07, 6.45) is 0.882. The van der Waals surface area contributed by atoms with Gasteiger partial charge < -0.3 is 15.4 Å². The van der Waals surface area contributed by atoms with Gasteiger partial charge in [-0.15, -0.1) is 0 Å². The molecule has 0 unspecified atom stereocenters. The molecule has 26 heavy (non-hydrogen) atoms. The van der Waals surface area contributed by atoms with Crippen LogP contribution in [-0.4, -0.2) is 26.2 Å². The van der Waals surface area contributed by atoms with Crippen LogP contribution < -0.4 is 16.6 Å². The van der Waals surface area contributed by atoms with Crippen molar-refractivity contribution in [1.29, 1.82) is 0 Å². The average Bonchev–Trinajstić information content (AvgIpc) is 2.92. The van der Waals surface area contributed by atoms with Gasteiger partial charge in [0.2, 0.25) is 5.88 Å². The second-order valence-electron chi connectivity index (χ2n) is 7.82. The van der Waals surface area contributed by atoms with Crippen LogP contribution in [0.25, 0.3) is 10.9 Å². The summed E-state index contributed by atoms with van der Waals surface area (Å²) in [6.45, 7) is 6.24. The van der Waals surface area contributed by atoms with Crippen molar-refractivity contribution >= 4 is 10.9 Å². The number of para-hydroxylation sites is 1. The third-order valence-corrected chi connectivity index (χ3v) is 5.06. The maximum Gasteiger partial charge on any atom is 0.331 e. The van der Waals surface area contributed by atoms with Crippen LogP contribution in [0.4, 0.5) is 0 Å². The van der Waals surface area contributed by atoms with E-state index in [1.807, 2.05) is 44.3 Å². The minimum absolute atomic E-state index is 0.215. The van der Waals surface area contributed by atoms with Crippen LogP contribution in [0.3, 0.4) is 0 Å². The lowest BCUT2D eigenvalue weighted by molar-refractivity contribution is -0.690. The van der Waals surface area contributed by atoms with Gasteiger partial charge in [-0.05, 0) is 32.4 Å². The maximum absolute atomic E-state index is 12.6. The lowest BCUT2D eigenvalue weighted by atomic mass is 9.95. The Morgan fingerprint density at radius 2 is 1.92 bits per heavy atom. The Balaban J connectivity index is 1.99. The minimum Gasteiger partial charge on any atom is -0.494 e. The molecule has 7 heteroatoms. The summed E-state index contributed by atoms with van der Waals surface area (Å²) in [5.74, 6) is -0.265. The van der Waals surface area contributed by atoms with Crippen molar-refractivity contribution in [2.75, 3.05) is 6.54 Å². The molecule has 136 valence electrons. The van der Waals surface area contributed by atoms with Crippen LogP contribution in [0.15, 0.2) is 33.9 Å². The molecule has 4 rings (SSSR count). The van der Waals surface area contributed by atoms with Gasteiger partial charge in [-0.1, -0.05) is 18.2 Å². The molecule has 1 atom stereocenters. The fourth-order valence-corrected chi connectivity index (χ4v) is 3.97. The zero-order valence-electron chi connectivity index (χ0n) is 15.1. The summed E-state index contributed by atoms with van der Waals surface area (Å²) in [7, 11) is 0. The van der Waals surface area contributed by atoms with E-state index in [9.17, 15) is 14.7 Å². The molecule has 3 aromatic rings. The Morgan fingerprint density at radius 3 is 2.65 bits per heavy atom. The number of hydrogen-bond donors (Lipinski definition) is 4. The van der Waals surface area contributed by atoms with Crippen LogP contribution >= 0.6 is 0 Å². The normalized spacial score (nSPS) is 17.4. The van der Waals surface area contributed by atoms with E-state index < -0.39 is 16.8 Å². The van der Waals surface area contributed by atoms with Crippen molar-refractivity contribution in [2.45, 2.75) is 38.8 Å². The first-order chi connectivity index (χ1) is 12.3. The minimum atomic E-state index is -0.655. The summed E-state index contributed by atoms with van der Waals surface area (Å²) >= 11 is 0. The van der Waals surface area contributed by atoms with Gasteiger partial charge in [0.1, 0.15) is 5.56 Å². The highest BCUT2D eigenvalue weighted by molar-refractivity contribution is 5.85. The third kappa shape index (κ3) is 2.39. The van der Waals surface area contributed by atoms with Gasteiger partial charge in [-0.2, -0.15) is 0 Å². The zero-order valence-corrected chi connectivity index (χ0v) is 15.1. The monoisotopic (exact) mass is 355 g/mol. The number of rotatable bonds is 1. The van der Waals surface area contributed by atoms with Crippen molar-refractivity contribution in [3.05, 3.63) is 61.9 Å². The highest BCUT2D eigenvalue weighted by atomic mass is 16.3. The maximum atomic E-state index is 12.6. The molecule has 0 saturated heterocycles. The van der Waals surface area contributed by atoms with E-state index in [-0.39, 0.29) is 17.5 Å². The van der Waals surface area contributed by atoms with Gasteiger partial charge in [0, 0.05) is 22.9 Å². The van der Waals surface area contributed by atoms with Crippen LogP contribution in [0, 0.1) is 0 Å². The lowest BCUT2D eigenvalue weighted by Gasteiger charge is -2.27. The molecule has 1 aromatic carbocycles. The number of benzene rings is 1. The predicted octanol–water partition coefficient (Wildman–Crippen LogP) is 0.687. The van der Waals surface area contributed by atoms with Crippen molar-refractivity contribution in [3.63, 3.8) is 0 Å². The zero-order chi connectivity index (χ0) is 18.6. The number of quaternary nitrogens is 1. The highest BCUT2D eigenvalue weighted by Gasteiger charge is 2.35. The van der Waals surface area contributed by atoms with E-state index in [0.29, 0.717) is 0 Å². The summed E-state index contributed by atoms with van der Waals surface area (Å²) in [5.41, 5.74) is 1.51. The van der Waals surface area contributed by atoms with E-state index in [0.717, 1.165) is 29.6 Å². The fourth-order valence-electron chi connectivity index (χ4n) is 3.97. The molecule has 0 spiro atoms. The number of H-pyrrole nitrogens is 2. The topological polar surface area (TPSA) is 107 Å². The Bertz CT molecular complexity index is 1110. The van der Waals surface area contributed by atoms with Gasteiger partial charge in [0.05, 0.1) is 12.2 Å². The molecular formula is C19H23N4O3+. The van der Waals surface area contributed by atoms with Crippen molar-refractivity contribution < 1.29 is 10.4 Å². The molecule has 0 saturated carbocycles. The Kier molecular flexibility index (Phi) is 3.59. The van der Waals surface area contributed by atoms with Gasteiger partial charge in [0.15, 0.2) is 6.04 Å². The predicted molar refractivity (Wildman–Crippen MR) is 98.6 cm³/mol. The quantitative estimate of drug-likeness (QED) is 0.516. The standard InChI is InChI=1S/C19H22N4O3/c1-19(2,3)23-17(25)13(16(24)22-18(23)26)15-14-11(8-9-20-15)10-6-4-5-7-12(10)21-14/h4-7,15,20-21,25H,8-9H2,1-3H3,(H,22,24,26)/p+1/t15-/m1/s1. The second kappa shape index (κ2) is 5.60. The molecule has 0 fully saturated rings. The molecule has 1 aliphatic heterocycles. The van der Waals surface area contributed by atoms with E-state index in [1.54, 1.807) is 0 Å². The fraction of sp³-hybridized carbons (Fsp3) is 0.368. The number of aromatic hydroxyl groups is 1. The average molecular weight is 355 g/mol. The van der Waals surface area contributed by atoms with Crippen LogP contribution in [0.5, 0.6) is 5.88 Å². The van der Waals surface area contributed by atoms with Crippen molar-refractivity contribution in [1.82, 2.24) is 14.5 Å². The van der Waals surface area contributed by atoms with Crippen molar-refractivity contribution in [2.24, 2.45) is 0 Å². The van der Waals surface area contributed by atoms with Gasteiger partial charge in [-0.25, -0.2) is 4.79 Å². The number of hydrogen-bond acceptors (Lipinski definition) is 3. The number of fused-ring (bicyclic) bond motifs is 3. The summed E-state index contributed by atoms with van der Waals surface area (Å²) < 4.78 is 1.24. The van der Waals surface area contributed by atoms with Gasteiger partial charge in [-0.3, -0.25) is 14.3 Å². The second-order valence-corrected chi connectivity index (χ2v) is 7.82. The van der Waals surface area contributed by atoms with E-state index >= 15 is 0 Å². The number of nitrogens with two attached hydrogens (primary N) is 1. The first-order valence-corrected chi connectivity index (χ1v) is 8.80. The Hall–Kier alpha value is -2.80. The molecule has 0 amide bonds. The first kappa shape index (κ1) is 16.7. The molecule has 0 bridgehead atoms. The number of nitrogens with zero attached hydrogens (tertiary/aromatic N) is 1. The first-order valence-electron chi connectivity index (χ1n) is 8.80. The molecular weight excluding hydrogens is 332 g/mol. The summed E-state index contributed by atoms with van der Waals surface area (Å²) in [4.78, 5) is 30.6. The molecule has 1 aliphatic rings. The molecule has 2 aromatic heterocycles. The van der Waals surface area contributed by atoms with Gasteiger partial charge in [0.25, 0.3) is 5.56 Å². The number of nitrogens with one attached hydrogen (secondary N) is 2. The molecule has 7 nitrogen and oxygen atoms in total. The van der Waals surface area contributed by atoms with Crippen molar-refractivity contribution in [3.8, 4) is 5.88 Å². The SMILES string of the molecule is CC(C)(C)n1c(O)c([C@H]2[NH2+]CCc3c2[nH]c2ccccc32)c(=O)[nH]c1=O. The third-order valence-electron chi connectivity index (χ3n) is 5.06. The molecule has 0 aliphatic carbocycles. The molecule has 5 N–H and O–H groups in total. The van der Waals surface area contributed by atoms with E-state index in [4.69, 9.17) is 0 Å². The van der Waals surface area contributed by atoms with E-state index in [2.05, 4.69) is 16.0 Å². The Labute approximate surface area is 149 Å². The highest BCUT2D eigenvalue weighted by Crippen LogP contribution is 2.32. The van der Waals surface area contributed by atoms with E-state index in [1.165, 1.54) is 10.1 Å². The summed E-state index contributed by atoms with van der Waals surface area (Å²) in [6, 6.07) is 7.64. The molecule has 0 radical (unpaired) electrons. The number of aromatic nitrogens is 3. The van der Waals surface area contributed by atoms with Crippen LogP contribution in [0.1, 0.15) is 43.6 Å². The van der Waals surface area contributed by atoms with Crippen LogP contribution in [0.2, 0.25) is 0 Å². The Morgan fingerprint density at radius 1 is 1.19 bits per heavy atom. The number of aromatic amines is 2. The largest absolute Gasteiger partial charge is 0.494 e.